The first-order valence-corrected chi connectivity index (χ1v) is 8.16. The van der Waals surface area contributed by atoms with Crippen LogP contribution in [-0.4, -0.2) is 34.4 Å². The molecule has 3 rings (SSSR count). The van der Waals surface area contributed by atoms with Gasteiger partial charge in [0.25, 0.3) is 5.91 Å². The number of anilines is 1. The molecule has 0 saturated heterocycles. The van der Waals surface area contributed by atoms with Crippen molar-refractivity contribution in [2.45, 2.75) is 26.5 Å². The topological polar surface area (TPSA) is 78.3 Å². The summed E-state index contributed by atoms with van der Waals surface area (Å²) in [6.45, 7) is 0.962. The fraction of sp³-hybridized carbons (Fsp3) is 0.278. The SMILES string of the molecule is COc1ccc(NC(=O)c2cnc3c(cnn3C(C)C)c2)cc1OC(F)F. The second kappa shape index (κ2) is 7.56. The molecule has 1 aromatic carbocycles. The highest BCUT2D eigenvalue weighted by Gasteiger charge is 2.15. The van der Waals surface area contributed by atoms with Crippen LogP contribution in [0.25, 0.3) is 11.0 Å². The lowest BCUT2D eigenvalue weighted by Crippen LogP contribution is -2.13. The number of carbonyl (C=O) groups excluding carboxylic acids is 1. The molecule has 0 aliphatic rings. The molecule has 27 heavy (non-hydrogen) atoms. The fourth-order valence-corrected chi connectivity index (χ4v) is 2.59. The Bertz CT molecular complexity index is 972. The van der Waals surface area contributed by atoms with Crippen LogP contribution in [0.1, 0.15) is 30.2 Å². The molecule has 0 saturated carbocycles. The molecule has 1 amide bonds. The van der Waals surface area contributed by atoms with Gasteiger partial charge in [-0.05, 0) is 32.0 Å². The highest BCUT2D eigenvalue weighted by molar-refractivity contribution is 6.05. The maximum Gasteiger partial charge on any atom is 0.387 e. The first-order valence-electron chi connectivity index (χ1n) is 8.16. The Kier molecular flexibility index (Phi) is 5.20. The molecule has 2 aromatic heterocycles. The van der Waals surface area contributed by atoms with Crippen molar-refractivity contribution in [3.05, 3.63) is 42.2 Å². The van der Waals surface area contributed by atoms with Crippen molar-refractivity contribution in [3.8, 4) is 11.5 Å². The van der Waals surface area contributed by atoms with Gasteiger partial charge < -0.3 is 14.8 Å². The number of rotatable bonds is 6. The van der Waals surface area contributed by atoms with Crippen LogP contribution in [0.3, 0.4) is 0 Å². The Morgan fingerprint density at radius 1 is 1.19 bits per heavy atom. The number of carbonyl (C=O) groups is 1. The van der Waals surface area contributed by atoms with Crippen LogP contribution in [0, 0.1) is 0 Å². The summed E-state index contributed by atoms with van der Waals surface area (Å²) in [5.41, 5.74) is 1.28. The van der Waals surface area contributed by atoms with Crippen molar-refractivity contribution >= 4 is 22.6 Å². The van der Waals surface area contributed by atoms with E-state index in [1.165, 1.54) is 31.5 Å². The number of amides is 1. The van der Waals surface area contributed by atoms with Crippen LogP contribution >= 0.6 is 0 Å². The van der Waals surface area contributed by atoms with E-state index in [1.807, 2.05) is 13.8 Å². The number of benzene rings is 1. The van der Waals surface area contributed by atoms with Gasteiger partial charge in [0.1, 0.15) is 0 Å². The van der Waals surface area contributed by atoms with Crippen molar-refractivity contribution in [2.75, 3.05) is 12.4 Å². The van der Waals surface area contributed by atoms with E-state index in [1.54, 1.807) is 16.9 Å². The lowest BCUT2D eigenvalue weighted by atomic mass is 10.2. The third-order valence-corrected chi connectivity index (χ3v) is 3.82. The molecule has 0 bridgehead atoms. The first-order chi connectivity index (χ1) is 12.9. The second-order valence-electron chi connectivity index (χ2n) is 6.02. The fourth-order valence-electron chi connectivity index (χ4n) is 2.59. The maximum absolute atomic E-state index is 12.5. The summed E-state index contributed by atoms with van der Waals surface area (Å²) >= 11 is 0. The van der Waals surface area contributed by atoms with Gasteiger partial charge in [-0.25, -0.2) is 9.67 Å². The number of halogens is 2. The van der Waals surface area contributed by atoms with Crippen molar-refractivity contribution in [1.29, 1.82) is 0 Å². The smallest absolute Gasteiger partial charge is 0.387 e. The molecule has 1 N–H and O–H groups in total. The monoisotopic (exact) mass is 376 g/mol. The molecule has 0 unspecified atom stereocenters. The minimum atomic E-state index is -3.01. The van der Waals surface area contributed by atoms with Crippen molar-refractivity contribution in [1.82, 2.24) is 14.8 Å². The van der Waals surface area contributed by atoms with E-state index in [4.69, 9.17) is 4.74 Å². The van der Waals surface area contributed by atoms with E-state index in [2.05, 4.69) is 20.1 Å². The summed E-state index contributed by atoms with van der Waals surface area (Å²) in [7, 11) is 1.34. The molecule has 0 fully saturated rings. The third kappa shape index (κ3) is 3.97. The van der Waals surface area contributed by atoms with Crippen LogP contribution < -0.4 is 14.8 Å². The summed E-state index contributed by atoms with van der Waals surface area (Å²) < 4.78 is 36.2. The molecule has 2 heterocycles. The van der Waals surface area contributed by atoms with Gasteiger partial charge in [-0.2, -0.15) is 13.9 Å². The molecule has 0 atom stereocenters. The molecule has 7 nitrogen and oxygen atoms in total. The standard InChI is InChI=1S/C18H18F2N4O3/c1-10(2)24-16-11(9-22-24)6-12(8-21-16)17(25)23-13-4-5-14(26-3)15(7-13)27-18(19)20/h4-10,18H,1-3H3,(H,23,25). The summed E-state index contributed by atoms with van der Waals surface area (Å²) in [4.78, 5) is 16.8. The van der Waals surface area contributed by atoms with E-state index in [-0.39, 0.29) is 23.2 Å². The summed E-state index contributed by atoms with van der Waals surface area (Å²) in [5, 5.41) is 7.62. The van der Waals surface area contributed by atoms with E-state index in [9.17, 15) is 13.6 Å². The number of methoxy groups -OCH3 is 1. The third-order valence-electron chi connectivity index (χ3n) is 3.82. The van der Waals surface area contributed by atoms with Gasteiger partial charge in [-0.3, -0.25) is 4.79 Å². The summed E-state index contributed by atoms with van der Waals surface area (Å²) in [5.74, 6) is -0.468. The van der Waals surface area contributed by atoms with Crippen LogP contribution in [0.4, 0.5) is 14.5 Å². The van der Waals surface area contributed by atoms with E-state index in [0.717, 1.165) is 5.39 Å². The number of fused-ring (bicyclic) bond motifs is 1. The van der Waals surface area contributed by atoms with Gasteiger partial charge >= 0.3 is 6.61 Å². The maximum atomic E-state index is 12.5. The number of ether oxygens (including phenoxy) is 2. The van der Waals surface area contributed by atoms with Gasteiger partial charge in [-0.15, -0.1) is 0 Å². The normalized spacial score (nSPS) is 11.2. The minimum Gasteiger partial charge on any atom is -0.493 e. The zero-order valence-electron chi connectivity index (χ0n) is 14.9. The van der Waals surface area contributed by atoms with E-state index in [0.29, 0.717) is 11.2 Å². The largest absolute Gasteiger partial charge is 0.493 e. The number of pyridine rings is 1. The molecular formula is C18H18F2N4O3. The van der Waals surface area contributed by atoms with Crippen LogP contribution in [-0.2, 0) is 0 Å². The van der Waals surface area contributed by atoms with Crippen LogP contribution in [0.15, 0.2) is 36.7 Å². The highest BCUT2D eigenvalue weighted by Crippen LogP contribution is 2.31. The van der Waals surface area contributed by atoms with Crippen LogP contribution in [0.5, 0.6) is 11.5 Å². The number of aromatic nitrogens is 3. The summed E-state index contributed by atoms with van der Waals surface area (Å²) in [6.07, 6.45) is 3.08. The predicted molar refractivity (Wildman–Crippen MR) is 95.5 cm³/mol. The van der Waals surface area contributed by atoms with Crippen molar-refractivity contribution < 1.29 is 23.0 Å². The number of nitrogens with one attached hydrogen (secondary N) is 1. The van der Waals surface area contributed by atoms with Gasteiger partial charge in [0, 0.05) is 29.4 Å². The zero-order chi connectivity index (χ0) is 19.6. The molecule has 0 spiro atoms. The van der Waals surface area contributed by atoms with Gasteiger partial charge in [0.15, 0.2) is 17.1 Å². The molecule has 0 aliphatic carbocycles. The Balaban J connectivity index is 1.83. The molecule has 142 valence electrons. The second-order valence-corrected chi connectivity index (χ2v) is 6.02. The van der Waals surface area contributed by atoms with Gasteiger partial charge in [-0.1, -0.05) is 0 Å². The Morgan fingerprint density at radius 2 is 1.96 bits per heavy atom. The Labute approximate surface area is 153 Å². The molecule has 3 aromatic rings. The predicted octanol–water partition coefficient (Wildman–Crippen LogP) is 3.87. The number of alkyl halides is 2. The van der Waals surface area contributed by atoms with E-state index < -0.39 is 12.5 Å². The zero-order valence-corrected chi connectivity index (χ0v) is 14.9. The van der Waals surface area contributed by atoms with Gasteiger partial charge in [0.2, 0.25) is 0 Å². The average Bonchev–Trinajstić information content (AvgIpc) is 3.05. The lowest BCUT2D eigenvalue weighted by molar-refractivity contribution is -0.0511. The number of nitrogens with zero attached hydrogens (tertiary/aromatic N) is 3. The lowest BCUT2D eigenvalue weighted by Gasteiger charge is -2.12. The van der Waals surface area contributed by atoms with Crippen LogP contribution in [0.2, 0.25) is 0 Å². The van der Waals surface area contributed by atoms with E-state index >= 15 is 0 Å². The highest BCUT2D eigenvalue weighted by atomic mass is 19.3. The first kappa shape index (κ1) is 18.6. The number of hydrogen-bond donors (Lipinski definition) is 1. The molecule has 9 heteroatoms. The Hall–Kier alpha value is -3.23. The minimum absolute atomic E-state index is 0.137. The quantitative estimate of drug-likeness (QED) is 0.706. The van der Waals surface area contributed by atoms with Crippen molar-refractivity contribution in [3.63, 3.8) is 0 Å². The average molecular weight is 376 g/mol. The molecule has 0 radical (unpaired) electrons. The number of hydrogen-bond acceptors (Lipinski definition) is 5. The van der Waals surface area contributed by atoms with Crippen molar-refractivity contribution in [2.24, 2.45) is 0 Å². The Morgan fingerprint density at radius 3 is 2.63 bits per heavy atom. The molecule has 0 aliphatic heterocycles. The summed E-state index contributed by atoms with van der Waals surface area (Å²) in [6, 6.07) is 6.04. The van der Waals surface area contributed by atoms with Gasteiger partial charge in [0.05, 0.1) is 18.9 Å². The molecular weight excluding hydrogens is 358 g/mol.